The van der Waals surface area contributed by atoms with Crippen LogP contribution in [0.15, 0.2) is 30.6 Å². The van der Waals surface area contributed by atoms with Gasteiger partial charge in [-0.25, -0.2) is 4.98 Å². The highest BCUT2D eigenvalue weighted by Crippen LogP contribution is 2.26. The molecule has 0 spiro atoms. The number of aryl methyl sites for hydroxylation is 1. The molecule has 1 aliphatic carbocycles. The van der Waals surface area contributed by atoms with Gasteiger partial charge in [0.05, 0.1) is 6.33 Å². The average Bonchev–Trinajstić information content (AvgIpc) is 2.97. The third-order valence-electron chi connectivity index (χ3n) is 4.19. The summed E-state index contributed by atoms with van der Waals surface area (Å²) in [6.45, 7) is 2.93. The van der Waals surface area contributed by atoms with E-state index in [2.05, 4.69) is 11.9 Å². The minimum Gasteiger partial charge on any atom is -0.327 e. The van der Waals surface area contributed by atoms with Gasteiger partial charge in [0.1, 0.15) is 11.4 Å². The Morgan fingerprint density at radius 2 is 1.64 bits per heavy atom. The fraction of sp³-hybridized carbons (Fsp3) is 0.389. The van der Waals surface area contributed by atoms with Crippen molar-refractivity contribution in [3.63, 3.8) is 0 Å². The molecule has 114 valence electrons. The Labute approximate surface area is 130 Å². The van der Waals surface area contributed by atoms with Crippen LogP contribution in [0.1, 0.15) is 71.1 Å². The Kier molecular flexibility index (Phi) is 4.18. The molecule has 0 saturated heterocycles. The molecule has 1 aromatic heterocycles. The lowest BCUT2D eigenvalue weighted by Gasteiger charge is -2.15. The SMILES string of the molecule is CCCCCCCn1cnc2c1C(=O)c1ccccc1C2=O. The first-order chi connectivity index (χ1) is 10.7. The molecule has 0 N–H and O–H groups in total. The number of aromatic nitrogens is 2. The van der Waals surface area contributed by atoms with Gasteiger partial charge in [-0.2, -0.15) is 0 Å². The first-order valence-electron chi connectivity index (χ1n) is 7.97. The fourth-order valence-electron chi connectivity index (χ4n) is 2.98. The van der Waals surface area contributed by atoms with Gasteiger partial charge in [-0.15, -0.1) is 0 Å². The van der Waals surface area contributed by atoms with Crippen LogP contribution in [-0.4, -0.2) is 21.1 Å². The molecule has 1 heterocycles. The molecule has 0 amide bonds. The number of hydrogen-bond donors (Lipinski definition) is 0. The highest BCUT2D eigenvalue weighted by atomic mass is 16.1. The van der Waals surface area contributed by atoms with E-state index in [1.807, 2.05) is 4.57 Å². The molecule has 3 rings (SSSR count). The minimum absolute atomic E-state index is 0.0868. The van der Waals surface area contributed by atoms with Gasteiger partial charge in [-0.3, -0.25) is 9.59 Å². The maximum atomic E-state index is 12.7. The van der Waals surface area contributed by atoms with Crippen LogP contribution in [0.25, 0.3) is 0 Å². The van der Waals surface area contributed by atoms with Gasteiger partial charge < -0.3 is 4.57 Å². The summed E-state index contributed by atoms with van der Waals surface area (Å²) in [7, 11) is 0. The van der Waals surface area contributed by atoms with Gasteiger partial charge >= 0.3 is 0 Å². The zero-order valence-corrected chi connectivity index (χ0v) is 12.8. The monoisotopic (exact) mass is 296 g/mol. The van der Waals surface area contributed by atoms with Gasteiger partial charge in [-0.05, 0) is 6.42 Å². The van der Waals surface area contributed by atoms with Crippen LogP contribution in [-0.2, 0) is 6.54 Å². The largest absolute Gasteiger partial charge is 0.327 e. The molecule has 1 aromatic carbocycles. The maximum Gasteiger partial charge on any atom is 0.214 e. The van der Waals surface area contributed by atoms with E-state index in [1.54, 1.807) is 30.6 Å². The number of rotatable bonds is 6. The first-order valence-corrected chi connectivity index (χ1v) is 7.97. The van der Waals surface area contributed by atoms with Crippen LogP contribution in [0.5, 0.6) is 0 Å². The second-order valence-corrected chi connectivity index (χ2v) is 5.75. The van der Waals surface area contributed by atoms with Crippen LogP contribution < -0.4 is 0 Å². The Balaban J connectivity index is 1.82. The fourth-order valence-corrected chi connectivity index (χ4v) is 2.98. The number of nitrogens with zero attached hydrogens (tertiary/aromatic N) is 2. The molecule has 2 aromatic rings. The standard InChI is InChI=1S/C18H20N2O2/c1-2-3-4-5-8-11-20-12-19-15-16(20)18(22)14-10-7-6-9-13(14)17(15)21/h6-7,9-10,12H,2-5,8,11H2,1H3. The Hall–Kier alpha value is -2.23. The summed E-state index contributed by atoms with van der Waals surface area (Å²) < 4.78 is 1.84. The van der Waals surface area contributed by atoms with Crippen molar-refractivity contribution in [3.05, 3.63) is 53.1 Å². The van der Waals surface area contributed by atoms with Crippen LogP contribution in [0.3, 0.4) is 0 Å². The van der Waals surface area contributed by atoms with Gasteiger partial charge in [0.15, 0.2) is 0 Å². The number of hydrogen-bond acceptors (Lipinski definition) is 3. The summed E-state index contributed by atoms with van der Waals surface area (Å²) in [6, 6.07) is 6.99. The van der Waals surface area contributed by atoms with Crippen molar-refractivity contribution in [2.45, 2.75) is 45.6 Å². The van der Waals surface area contributed by atoms with E-state index in [4.69, 9.17) is 0 Å². The summed E-state index contributed by atoms with van der Waals surface area (Å²) in [6.07, 6.45) is 7.44. The van der Waals surface area contributed by atoms with Crippen LogP contribution in [0.4, 0.5) is 0 Å². The summed E-state index contributed by atoms with van der Waals surface area (Å²) in [5.41, 5.74) is 1.72. The Bertz CT molecular complexity index is 716. The van der Waals surface area contributed by atoms with E-state index in [9.17, 15) is 9.59 Å². The van der Waals surface area contributed by atoms with Crippen molar-refractivity contribution in [2.24, 2.45) is 0 Å². The van der Waals surface area contributed by atoms with E-state index in [0.717, 1.165) is 19.4 Å². The quantitative estimate of drug-likeness (QED) is 0.653. The van der Waals surface area contributed by atoms with Crippen LogP contribution in [0, 0.1) is 0 Å². The molecule has 0 bridgehead atoms. The lowest BCUT2D eigenvalue weighted by molar-refractivity contribution is 0.0971. The predicted octanol–water partition coefficient (Wildman–Crippen LogP) is 3.63. The predicted molar refractivity (Wildman–Crippen MR) is 84.3 cm³/mol. The smallest absolute Gasteiger partial charge is 0.214 e. The van der Waals surface area contributed by atoms with E-state index in [0.29, 0.717) is 22.5 Å². The molecule has 4 nitrogen and oxygen atoms in total. The van der Waals surface area contributed by atoms with Gasteiger partial charge in [0, 0.05) is 17.7 Å². The summed E-state index contributed by atoms with van der Waals surface area (Å²) in [5, 5.41) is 0. The third-order valence-corrected chi connectivity index (χ3v) is 4.19. The molecule has 1 aliphatic rings. The van der Waals surface area contributed by atoms with Crippen molar-refractivity contribution in [1.29, 1.82) is 0 Å². The van der Waals surface area contributed by atoms with E-state index >= 15 is 0 Å². The number of ketones is 2. The van der Waals surface area contributed by atoms with Gasteiger partial charge in [0.2, 0.25) is 11.6 Å². The second kappa shape index (κ2) is 6.26. The number of carbonyl (C=O) groups excluding carboxylic acids is 2. The number of carbonyl (C=O) groups is 2. The molecule has 4 heteroatoms. The molecule has 22 heavy (non-hydrogen) atoms. The molecule has 0 atom stereocenters. The topological polar surface area (TPSA) is 52.0 Å². The molecular weight excluding hydrogens is 276 g/mol. The van der Waals surface area contributed by atoms with E-state index in [1.165, 1.54) is 19.3 Å². The summed E-state index contributed by atoms with van der Waals surface area (Å²) >= 11 is 0. The minimum atomic E-state index is -0.144. The van der Waals surface area contributed by atoms with E-state index in [-0.39, 0.29) is 11.6 Å². The van der Waals surface area contributed by atoms with Gasteiger partial charge in [-0.1, -0.05) is 56.9 Å². The number of imidazole rings is 1. The van der Waals surface area contributed by atoms with Crippen LogP contribution >= 0.6 is 0 Å². The molecule has 0 aliphatic heterocycles. The first kappa shape index (κ1) is 14.7. The van der Waals surface area contributed by atoms with Gasteiger partial charge in [0.25, 0.3) is 0 Å². The molecular formula is C18H20N2O2. The van der Waals surface area contributed by atoms with Crippen molar-refractivity contribution >= 4 is 11.6 Å². The van der Waals surface area contributed by atoms with Crippen molar-refractivity contribution in [3.8, 4) is 0 Å². The van der Waals surface area contributed by atoms with Crippen molar-refractivity contribution < 1.29 is 9.59 Å². The Morgan fingerprint density at radius 1 is 0.955 bits per heavy atom. The molecule has 0 unspecified atom stereocenters. The lowest BCUT2D eigenvalue weighted by atomic mass is 9.90. The van der Waals surface area contributed by atoms with Crippen molar-refractivity contribution in [1.82, 2.24) is 9.55 Å². The molecule has 0 radical (unpaired) electrons. The zero-order valence-electron chi connectivity index (χ0n) is 12.8. The number of benzene rings is 1. The normalized spacial score (nSPS) is 13.1. The summed E-state index contributed by atoms with van der Waals surface area (Å²) in [4.78, 5) is 29.3. The lowest BCUT2D eigenvalue weighted by Crippen LogP contribution is -2.23. The average molecular weight is 296 g/mol. The highest BCUT2D eigenvalue weighted by Gasteiger charge is 2.33. The Morgan fingerprint density at radius 3 is 2.36 bits per heavy atom. The van der Waals surface area contributed by atoms with E-state index < -0.39 is 0 Å². The second-order valence-electron chi connectivity index (χ2n) is 5.75. The molecule has 0 saturated carbocycles. The number of unbranched alkanes of at least 4 members (excludes halogenated alkanes) is 4. The highest BCUT2D eigenvalue weighted by molar-refractivity contribution is 6.27. The maximum absolute atomic E-state index is 12.7. The molecule has 0 fully saturated rings. The summed E-state index contributed by atoms with van der Waals surface area (Å²) in [5.74, 6) is -0.230. The zero-order chi connectivity index (χ0) is 15.5. The van der Waals surface area contributed by atoms with Crippen molar-refractivity contribution in [2.75, 3.05) is 0 Å². The van der Waals surface area contributed by atoms with Crippen LogP contribution in [0.2, 0.25) is 0 Å². The third kappa shape index (κ3) is 2.49. The number of fused-ring (bicyclic) bond motifs is 2.